The van der Waals surface area contributed by atoms with Crippen LogP contribution in [0.1, 0.15) is 29.4 Å². The zero-order chi connectivity index (χ0) is 17.2. The Morgan fingerprint density at radius 2 is 2.13 bits per heavy atom. The van der Waals surface area contributed by atoms with Crippen molar-refractivity contribution in [3.8, 4) is 0 Å². The molecule has 0 spiro atoms. The SMILES string of the molecule is CNc1snc(C)c1C(=O)O[C@@H](C)C(=O)N[C@@H]1CCS(=O)(=O)C1. The number of nitrogens with one attached hydrogen (secondary N) is 2. The number of amides is 1. The summed E-state index contributed by atoms with van der Waals surface area (Å²) in [5.74, 6) is -1.15. The maximum atomic E-state index is 12.2. The summed E-state index contributed by atoms with van der Waals surface area (Å²) in [6, 6.07) is -0.425. The lowest BCUT2D eigenvalue weighted by atomic mass is 10.2. The summed E-state index contributed by atoms with van der Waals surface area (Å²) in [6.07, 6.45) is -0.638. The van der Waals surface area contributed by atoms with Crippen LogP contribution in [0.25, 0.3) is 0 Å². The molecule has 2 atom stereocenters. The lowest BCUT2D eigenvalue weighted by molar-refractivity contribution is -0.129. The number of rotatable bonds is 5. The average Bonchev–Trinajstić information content (AvgIpc) is 3.00. The molecule has 2 heterocycles. The Kier molecular flexibility index (Phi) is 5.25. The smallest absolute Gasteiger partial charge is 0.343 e. The highest BCUT2D eigenvalue weighted by Gasteiger charge is 2.31. The van der Waals surface area contributed by atoms with E-state index >= 15 is 0 Å². The normalized spacial score (nSPS) is 20.7. The fraction of sp³-hybridized carbons (Fsp3) is 0.615. The second-order valence-electron chi connectivity index (χ2n) is 5.38. The first-order valence-corrected chi connectivity index (χ1v) is 9.69. The number of esters is 1. The molecule has 1 aromatic rings. The summed E-state index contributed by atoms with van der Waals surface area (Å²) < 4.78 is 32.0. The molecule has 1 aliphatic heterocycles. The molecule has 1 saturated heterocycles. The molecule has 1 aliphatic rings. The number of hydrogen-bond donors (Lipinski definition) is 2. The van der Waals surface area contributed by atoms with E-state index in [1.54, 1.807) is 14.0 Å². The third-order valence-corrected chi connectivity index (χ3v) is 6.25. The topological polar surface area (TPSA) is 114 Å². The van der Waals surface area contributed by atoms with Crippen LogP contribution in [-0.4, -0.2) is 55.4 Å². The van der Waals surface area contributed by atoms with Crippen molar-refractivity contribution in [2.24, 2.45) is 0 Å². The number of sulfone groups is 1. The van der Waals surface area contributed by atoms with E-state index in [1.165, 1.54) is 6.92 Å². The first kappa shape index (κ1) is 17.7. The molecular formula is C13H19N3O5S2. The van der Waals surface area contributed by atoms with Crippen molar-refractivity contribution in [3.05, 3.63) is 11.3 Å². The predicted octanol–water partition coefficient (Wildman–Crippen LogP) is 0.342. The van der Waals surface area contributed by atoms with Crippen LogP contribution in [-0.2, 0) is 19.4 Å². The molecule has 0 aliphatic carbocycles. The molecule has 0 unspecified atom stereocenters. The fourth-order valence-corrected chi connectivity index (χ4v) is 4.69. The Morgan fingerprint density at radius 3 is 2.70 bits per heavy atom. The van der Waals surface area contributed by atoms with Crippen LogP contribution in [0.3, 0.4) is 0 Å². The Labute approximate surface area is 138 Å². The molecule has 128 valence electrons. The van der Waals surface area contributed by atoms with Crippen molar-refractivity contribution < 1.29 is 22.7 Å². The molecule has 0 saturated carbocycles. The molecular weight excluding hydrogens is 342 g/mol. The lowest BCUT2D eigenvalue weighted by Gasteiger charge is -2.16. The van der Waals surface area contributed by atoms with Gasteiger partial charge in [0.25, 0.3) is 5.91 Å². The predicted molar refractivity (Wildman–Crippen MR) is 86.5 cm³/mol. The molecule has 2 N–H and O–H groups in total. The number of hydrogen-bond acceptors (Lipinski definition) is 8. The number of aryl methyl sites for hydroxylation is 1. The molecule has 10 heteroatoms. The van der Waals surface area contributed by atoms with E-state index in [0.717, 1.165) is 11.5 Å². The largest absolute Gasteiger partial charge is 0.449 e. The minimum Gasteiger partial charge on any atom is -0.449 e. The van der Waals surface area contributed by atoms with Crippen molar-refractivity contribution in [2.75, 3.05) is 23.9 Å². The summed E-state index contributed by atoms with van der Waals surface area (Å²) in [6.45, 7) is 3.13. The molecule has 8 nitrogen and oxygen atoms in total. The van der Waals surface area contributed by atoms with Crippen molar-refractivity contribution in [1.29, 1.82) is 0 Å². The van der Waals surface area contributed by atoms with Gasteiger partial charge in [-0.05, 0) is 31.8 Å². The second kappa shape index (κ2) is 6.83. The van der Waals surface area contributed by atoms with Crippen molar-refractivity contribution in [1.82, 2.24) is 9.69 Å². The first-order valence-electron chi connectivity index (χ1n) is 7.09. The summed E-state index contributed by atoms with van der Waals surface area (Å²) >= 11 is 1.14. The van der Waals surface area contributed by atoms with Gasteiger partial charge in [-0.15, -0.1) is 0 Å². The van der Waals surface area contributed by atoms with Crippen molar-refractivity contribution in [3.63, 3.8) is 0 Å². The zero-order valence-corrected chi connectivity index (χ0v) is 14.7. The fourth-order valence-electron chi connectivity index (χ4n) is 2.28. The van der Waals surface area contributed by atoms with Crippen molar-refractivity contribution >= 4 is 38.2 Å². The third-order valence-electron chi connectivity index (χ3n) is 3.53. The first-order chi connectivity index (χ1) is 10.7. The Morgan fingerprint density at radius 1 is 1.43 bits per heavy atom. The van der Waals surface area contributed by atoms with Gasteiger partial charge in [0.1, 0.15) is 10.6 Å². The minimum absolute atomic E-state index is 0.0669. The summed E-state index contributed by atoms with van der Waals surface area (Å²) in [5, 5.41) is 6.03. The van der Waals surface area contributed by atoms with E-state index in [9.17, 15) is 18.0 Å². The van der Waals surface area contributed by atoms with E-state index in [1.807, 2.05) is 0 Å². The summed E-state index contributed by atoms with van der Waals surface area (Å²) in [5.41, 5.74) is 0.833. The van der Waals surface area contributed by atoms with E-state index in [0.29, 0.717) is 22.7 Å². The standard InChI is InChI=1S/C13H19N3O5S2/c1-7-10(12(14-3)22-16-7)13(18)21-8(2)11(17)15-9-4-5-23(19,20)6-9/h8-9,14H,4-6H2,1-3H3,(H,15,17)/t8-,9+/m0/s1. The van der Waals surface area contributed by atoms with Crippen LogP contribution in [0.15, 0.2) is 0 Å². The monoisotopic (exact) mass is 361 g/mol. The van der Waals surface area contributed by atoms with Gasteiger partial charge in [0.05, 0.1) is 17.2 Å². The van der Waals surface area contributed by atoms with Gasteiger partial charge in [0.15, 0.2) is 15.9 Å². The van der Waals surface area contributed by atoms with Gasteiger partial charge in [0.2, 0.25) is 0 Å². The van der Waals surface area contributed by atoms with E-state index in [2.05, 4.69) is 15.0 Å². The lowest BCUT2D eigenvalue weighted by Crippen LogP contribution is -2.42. The Balaban J connectivity index is 1.95. The highest BCUT2D eigenvalue weighted by molar-refractivity contribution is 7.91. The van der Waals surface area contributed by atoms with E-state index < -0.39 is 33.9 Å². The van der Waals surface area contributed by atoms with Gasteiger partial charge in [-0.2, -0.15) is 4.37 Å². The molecule has 23 heavy (non-hydrogen) atoms. The molecule has 0 aromatic carbocycles. The maximum absolute atomic E-state index is 12.2. The number of aromatic nitrogens is 1. The second-order valence-corrected chi connectivity index (χ2v) is 8.38. The van der Waals surface area contributed by atoms with Gasteiger partial charge in [-0.25, -0.2) is 13.2 Å². The minimum atomic E-state index is -3.08. The number of ether oxygens (including phenoxy) is 1. The van der Waals surface area contributed by atoms with Gasteiger partial charge in [0, 0.05) is 13.1 Å². The van der Waals surface area contributed by atoms with Crippen molar-refractivity contribution in [2.45, 2.75) is 32.4 Å². The average molecular weight is 361 g/mol. The van der Waals surface area contributed by atoms with Crippen LogP contribution in [0.2, 0.25) is 0 Å². The molecule has 2 rings (SSSR count). The highest BCUT2D eigenvalue weighted by Crippen LogP contribution is 2.25. The molecule has 0 radical (unpaired) electrons. The van der Waals surface area contributed by atoms with E-state index in [-0.39, 0.29) is 11.5 Å². The maximum Gasteiger partial charge on any atom is 0.343 e. The number of nitrogens with zero attached hydrogens (tertiary/aromatic N) is 1. The zero-order valence-electron chi connectivity index (χ0n) is 13.1. The highest BCUT2D eigenvalue weighted by atomic mass is 32.2. The number of anilines is 1. The summed E-state index contributed by atoms with van der Waals surface area (Å²) in [7, 11) is -1.41. The Hall–Kier alpha value is -1.68. The molecule has 0 bridgehead atoms. The Bertz CT molecular complexity index is 713. The quantitative estimate of drug-likeness (QED) is 0.727. The van der Waals surface area contributed by atoms with Gasteiger partial charge < -0.3 is 15.4 Å². The molecule has 1 fully saturated rings. The van der Waals surface area contributed by atoms with Crippen LogP contribution < -0.4 is 10.6 Å². The number of carbonyl (C=O) groups is 2. The van der Waals surface area contributed by atoms with Gasteiger partial charge in [-0.3, -0.25) is 4.79 Å². The summed E-state index contributed by atoms with van der Waals surface area (Å²) in [4.78, 5) is 24.2. The molecule has 1 aromatic heterocycles. The van der Waals surface area contributed by atoms with Crippen LogP contribution >= 0.6 is 11.5 Å². The van der Waals surface area contributed by atoms with Gasteiger partial charge >= 0.3 is 5.97 Å². The number of carbonyl (C=O) groups excluding carboxylic acids is 2. The third kappa shape index (κ3) is 4.20. The molecule has 1 amide bonds. The van der Waals surface area contributed by atoms with Crippen LogP contribution in [0.5, 0.6) is 0 Å². The van der Waals surface area contributed by atoms with Crippen LogP contribution in [0, 0.1) is 6.92 Å². The van der Waals surface area contributed by atoms with Crippen LogP contribution in [0.4, 0.5) is 5.00 Å². The van der Waals surface area contributed by atoms with E-state index in [4.69, 9.17) is 4.74 Å². The van der Waals surface area contributed by atoms with Gasteiger partial charge in [-0.1, -0.05) is 0 Å².